The number of hydrogen-bond donors (Lipinski definition) is 2. The number of nitrogens with zero attached hydrogens (tertiary/aromatic N) is 2. The van der Waals surface area contributed by atoms with Crippen LogP contribution >= 0.6 is 11.3 Å². The van der Waals surface area contributed by atoms with Crippen molar-refractivity contribution in [3.63, 3.8) is 0 Å². The number of benzene rings is 1. The van der Waals surface area contributed by atoms with Crippen molar-refractivity contribution in [2.75, 3.05) is 7.05 Å². The van der Waals surface area contributed by atoms with Crippen molar-refractivity contribution in [3.05, 3.63) is 45.4 Å². The Labute approximate surface area is 159 Å². The van der Waals surface area contributed by atoms with Crippen LogP contribution in [0.25, 0.3) is 0 Å². The zero-order chi connectivity index (χ0) is 18.4. The van der Waals surface area contributed by atoms with E-state index in [2.05, 4.69) is 38.8 Å². The molecule has 1 aliphatic rings. The molecule has 0 saturated heterocycles. The van der Waals surface area contributed by atoms with E-state index >= 15 is 0 Å². The van der Waals surface area contributed by atoms with E-state index in [1.54, 1.807) is 18.4 Å². The first-order valence-corrected chi connectivity index (χ1v) is 10.1. The Balaban J connectivity index is 1.55. The highest BCUT2D eigenvalue weighted by molar-refractivity contribution is 7.11. The molecule has 2 N–H and O–H groups in total. The van der Waals surface area contributed by atoms with Crippen molar-refractivity contribution in [2.24, 2.45) is 4.99 Å². The number of hydrogen-bond acceptors (Lipinski definition) is 4. The van der Waals surface area contributed by atoms with Crippen LogP contribution in [-0.4, -0.2) is 24.1 Å². The summed E-state index contributed by atoms with van der Waals surface area (Å²) >= 11 is 1.73. The molecule has 1 aliphatic carbocycles. The second kappa shape index (κ2) is 9.03. The molecule has 0 aliphatic heterocycles. The van der Waals surface area contributed by atoms with Crippen LogP contribution in [0.5, 0.6) is 5.75 Å². The number of thiazole rings is 1. The van der Waals surface area contributed by atoms with Crippen LogP contribution in [0.2, 0.25) is 0 Å². The molecule has 0 spiro atoms. The second-order valence-electron chi connectivity index (χ2n) is 6.65. The molecule has 0 bridgehead atoms. The summed E-state index contributed by atoms with van der Waals surface area (Å²) in [6.45, 7) is 5.50. The highest BCUT2D eigenvalue weighted by Gasteiger charge is 2.17. The van der Waals surface area contributed by atoms with Crippen LogP contribution in [0, 0.1) is 13.8 Å². The number of aliphatic imine (C=N–C) groups is 1. The van der Waals surface area contributed by atoms with Crippen molar-refractivity contribution in [1.82, 2.24) is 15.6 Å². The lowest BCUT2D eigenvalue weighted by Gasteiger charge is -2.18. The summed E-state index contributed by atoms with van der Waals surface area (Å²) in [6, 6.07) is 8.27. The lowest BCUT2D eigenvalue weighted by Crippen LogP contribution is -2.36. The Kier molecular flexibility index (Phi) is 6.50. The molecule has 0 atom stereocenters. The molecule has 1 fully saturated rings. The van der Waals surface area contributed by atoms with Crippen molar-refractivity contribution < 1.29 is 4.74 Å². The molecule has 2 aromatic rings. The summed E-state index contributed by atoms with van der Waals surface area (Å²) in [6.07, 6.45) is 5.25. The van der Waals surface area contributed by atoms with E-state index in [0.717, 1.165) is 34.5 Å². The van der Waals surface area contributed by atoms with Crippen molar-refractivity contribution in [2.45, 2.75) is 58.7 Å². The SMILES string of the molecule is CN=C(NCc1ccccc1OC1CCCC1)NCc1sc(C)nc1C. The number of rotatable bonds is 6. The fourth-order valence-electron chi connectivity index (χ4n) is 3.25. The zero-order valence-electron chi connectivity index (χ0n) is 15.8. The summed E-state index contributed by atoms with van der Waals surface area (Å²) in [5, 5.41) is 7.86. The molecular weight excluding hydrogens is 344 g/mol. The summed E-state index contributed by atoms with van der Waals surface area (Å²) in [5.41, 5.74) is 2.25. The van der Waals surface area contributed by atoms with Gasteiger partial charge < -0.3 is 15.4 Å². The minimum Gasteiger partial charge on any atom is -0.490 e. The maximum atomic E-state index is 6.21. The molecular formula is C20H28N4OS. The van der Waals surface area contributed by atoms with Crippen LogP contribution in [0.3, 0.4) is 0 Å². The van der Waals surface area contributed by atoms with E-state index < -0.39 is 0 Å². The predicted octanol–water partition coefficient (Wildman–Crippen LogP) is 3.95. The van der Waals surface area contributed by atoms with Gasteiger partial charge in [-0.15, -0.1) is 11.3 Å². The van der Waals surface area contributed by atoms with Gasteiger partial charge >= 0.3 is 0 Å². The van der Waals surface area contributed by atoms with E-state index in [4.69, 9.17) is 4.74 Å². The first kappa shape index (κ1) is 18.7. The molecule has 1 heterocycles. The Hall–Kier alpha value is -2.08. The van der Waals surface area contributed by atoms with E-state index in [0.29, 0.717) is 12.6 Å². The molecule has 0 unspecified atom stereocenters. The molecule has 140 valence electrons. The summed E-state index contributed by atoms with van der Waals surface area (Å²) < 4.78 is 6.21. The first-order valence-electron chi connectivity index (χ1n) is 9.27. The smallest absolute Gasteiger partial charge is 0.191 e. The van der Waals surface area contributed by atoms with Crippen LogP contribution in [0.15, 0.2) is 29.3 Å². The minimum atomic E-state index is 0.367. The molecule has 1 saturated carbocycles. The van der Waals surface area contributed by atoms with Crippen molar-refractivity contribution >= 4 is 17.3 Å². The van der Waals surface area contributed by atoms with E-state index in [-0.39, 0.29) is 0 Å². The van der Waals surface area contributed by atoms with Gasteiger partial charge in [-0.2, -0.15) is 0 Å². The van der Waals surface area contributed by atoms with Gasteiger partial charge in [0.2, 0.25) is 0 Å². The number of nitrogens with one attached hydrogen (secondary N) is 2. The summed E-state index contributed by atoms with van der Waals surface area (Å²) in [5.74, 6) is 1.77. The van der Waals surface area contributed by atoms with Crippen LogP contribution in [0.1, 0.15) is 46.8 Å². The molecule has 5 nitrogen and oxygen atoms in total. The Morgan fingerprint density at radius 2 is 1.92 bits per heavy atom. The van der Waals surface area contributed by atoms with Crippen LogP contribution < -0.4 is 15.4 Å². The largest absolute Gasteiger partial charge is 0.490 e. The fraction of sp³-hybridized carbons (Fsp3) is 0.500. The van der Waals surface area contributed by atoms with Gasteiger partial charge in [-0.3, -0.25) is 4.99 Å². The average molecular weight is 373 g/mol. The van der Waals surface area contributed by atoms with Gasteiger partial charge in [0.1, 0.15) is 5.75 Å². The Morgan fingerprint density at radius 3 is 2.62 bits per heavy atom. The third-order valence-corrected chi connectivity index (χ3v) is 5.73. The fourth-order valence-corrected chi connectivity index (χ4v) is 4.13. The highest BCUT2D eigenvalue weighted by atomic mass is 32.1. The van der Waals surface area contributed by atoms with Gasteiger partial charge in [0.05, 0.1) is 23.4 Å². The van der Waals surface area contributed by atoms with E-state index in [1.165, 1.54) is 30.6 Å². The van der Waals surface area contributed by atoms with Gasteiger partial charge in [0.15, 0.2) is 5.96 Å². The summed E-state index contributed by atoms with van der Waals surface area (Å²) in [7, 11) is 1.79. The predicted molar refractivity (Wildman–Crippen MR) is 108 cm³/mol. The first-order chi connectivity index (χ1) is 12.7. The van der Waals surface area contributed by atoms with Gasteiger partial charge in [-0.1, -0.05) is 18.2 Å². The molecule has 26 heavy (non-hydrogen) atoms. The maximum absolute atomic E-state index is 6.21. The molecule has 6 heteroatoms. The maximum Gasteiger partial charge on any atom is 0.191 e. The molecule has 1 aromatic heterocycles. The Morgan fingerprint density at radius 1 is 1.19 bits per heavy atom. The average Bonchev–Trinajstić information content (AvgIpc) is 3.25. The molecule has 0 amide bonds. The molecule has 1 aromatic carbocycles. The van der Waals surface area contributed by atoms with Crippen LogP contribution in [-0.2, 0) is 13.1 Å². The van der Waals surface area contributed by atoms with Gasteiger partial charge in [-0.25, -0.2) is 4.98 Å². The second-order valence-corrected chi connectivity index (χ2v) is 7.94. The number of aryl methyl sites for hydroxylation is 2. The normalized spacial score (nSPS) is 15.3. The molecule has 3 rings (SSSR count). The van der Waals surface area contributed by atoms with E-state index in [1.807, 2.05) is 19.9 Å². The molecule has 0 radical (unpaired) electrons. The lowest BCUT2D eigenvalue weighted by molar-refractivity contribution is 0.208. The number of para-hydroxylation sites is 1. The monoisotopic (exact) mass is 372 g/mol. The third-order valence-electron chi connectivity index (χ3n) is 4.65. The van der Waals surface area contributed by atoms with Gasteiger partial charge in [-0.05, 0) is 45.6 Å². The van der Waals surface area contributed by atoms with E-state index in [9.17, 15) is 0 Å². The highest BCUT2D eigenvalue weighted by Crippen LogP contribution is 2.26. The Bertz CT molecular complexity index is 750. The topological polar surface area (TPSA) is 58.5 Å². The number of ether oxygens (including phenoxy) is 1. The standard InChI is InChI=1S/C20H28N4OS/c1-14-19(26-15(2)24-14)13-23-20(21-3)22-12-16-8-4-7-11-18(16)25-17-9-5-6-10-17/h4,7-8,11,17H,5-6,9-10,12-13H2,1-3H3,(H2,21,22,23). The zero-order valence-corrected chi connectivity index (χ0v) is 16.7. The number of aromatic nitrogens is 1. The third kappa shape index (κ3) is 4.97. The quantitative estimate of drug-likeness (QED) is 0.595. The van der Waals surface area contributed by atoms with Crippen molar-refractivity contribution in [3.8, 4) is 5.75 Å². The lowest BCUT2D eigenvalue weighted by atomic mass is 10.2. The number of guanidine groups is 1. The van der Waals surface area contributed by atoms with Gasteiger partial charge in [0.25, 0.3) is 0 Å². The summed E-state index contributed by atoms with van der Waals surface area (Å²) in [4.78, 5) is 10.0. The van der Waals surface area contributed by atoms with Crippen molar-refractivity contribution in [1.29, 1.82) is 0 Å². The minimum absolute atomic E-state index is 0.367. The van der Waals surface area contributed by atoms with Gasteiger partial charge in [0, 0.05) is 24.0 Å². The van der Waals surface area contributed by atoms with Crippen LogP contribution in [0.4, 0.5) is 0 Å².